The summed E-state index contributed by atoms with van der Waals surface area (Å²) in [6.07, 6.45) is 1.60. The molecule has 2 aromatic carbocycles. The first kappa shape index (κ1) is 12.3. The number of fused-ring (bicyclic) bond motifs is 1. The number of nitrogens with zero attached hydrogens (tertiary/aromatic N) is 2. The maximum Gasteiger partial charge on any atom is 0.274 e. The molecule has 0 bridgehead atoms. The van der Waals surface area contributed by atoms with Crippen LogP contribution < -0.4 is 11.3 Å². The number of nitrogens with two attached hydrogens (primary N) is 1. The van der Waals surface area contributed by atoms with Gasteiger partial charge in [0.25, 0.3) is 5.56 Å². The van der Waals surface area contributed by atoms with Gasteiger partial charge in [-0.1, -0.05) is 24.3 Å². The molecule has 4 nitrogen and oxygen atoms in total. The number of hydrogen-bond acceptors (Lipinski definition) is 3. The van der Waals surface area contributed by atoms with Crippen molar-refractivity contribution in [1.29, 1.82) is 0 Å². The summed E-state index contributed by atoms with van der Waals surface area (Å²) in [6, 6.07) is 11.6. The lowest BCUT2D eigenvalue weighted by atomic mass is 10.2. The summed E-state index contributed by atoms with van der Waals surface area (Å²) in [5, 5.41) is 5.41. The second kappa shape index (κ2) is 4.77. The molecular weight excluding hydrogens is 257 g/mol. The molecule has 2 N–H and O–H groups in total. The highest BCUT2D eigenvalue weighted by atomic mass is 19.1. The Morgan fingerprint density at radius 2 is 2.00 bits per heavy atom. The van der Waals surface area contributed by atoms with Crippen LogP contribution in [0.3, 0.4) is 0 Å². The molecule has 0 unspecified atom stereocenters. The van der Waals surface area contributed by atoms with Crippen molar-refractivity contribution in [2.45, 2.75) is 6.54 Å². The lowest BCUT2D eigenvalue weighted by molar-refractivity contribution is 0.575. The number of nitrogen functional groups attached to an aromatic ring is 1. The molecule has 0 aliphatic heterocycles. The molecule has 0 amide bonds. The van der Waals surface area contributed by atoms with Crippen molar-refractivity contribution in [3.05, 3.63) is 70.4 Å². The molecule has 0 atom stereocenters. The minimum absolute atomic E-state index is 0.0791. The van der Waals surface area contributed by atoms with Gasteiger partial charge in [-0.15, -0.1) is 0 Å². The number of aromatic nitrogens is 2. The Morgan fingerprint density at radius 1 is 1.20 bits per heavy atom. The maximum absolute atomic E-state index is 13.8. The van der Waals surface area contributed by atoms with Gasteiger partial charge in [0.05, 0.1) is 18.1 Å². The zero-order valence-corrected chi connectivity index (χ0v) is 10.6. The summed E-state index contributed by atoms with van der Waals surface area (Å²) in [7, 11) is 0. The molecule has 3 rings (SSSR count). The van der Waals surface area contributed by atoms with Crippen molar-refractivity contribution in [3.8, 4) is 0 Å². The molecule has 3 aromatic rings. The third kappa shape index (κ3) is 2.14. The summed E-state index contributed by atoms with van der Waals surface area (Å²) in [5.74, 6) is -0.438. The van der Waals surface area contributed by atoms with E-state index in [1.807, 2.05) is 12.1 Å². The van der Waals surface area contributed by atoms with Crippen molar-refractivity contribution in [2.75, 3.05) is 5.73 Å². The van der Waals surface area contributed by atoms with Crippen molar-refractivity contribution < 1.29 is 4.39 Å². The molecule has 5 heteroatoms. The molecule has 1 heterocycles. The predicted molar refractivity (Wildman–Crippen MR) is 75.9 cm³/mol. The smallest absolute Gasteiger partial charge is 0.274 e. The molecule has 0 spiro atoms. The second-order valence-corrected chi connectivity index (χ2v) is 4.55. The lowest BCUT2D eigenvalue weighted by Gasteiger charge is -2.07. The first-order valence-corrected chi connectivity index (χ1v) is 6.14. The Bertz CT molecular complexity index is 842. The average molecular weight is 269 g/mol. The number of anilines is 1. The fourth-order valence-corrected chi connectivity index (χ4v) is 2.09. The van der Waals surface area contributed by atoms with Gasteiger partial charge in [-0.2, -0.15) is 5.10 Å². The van der Waals surface area contributed by atoms with Crippen LogP contribution in [0, 0.1) is 5.82 Å². The zero-order chi connectivity index (χ0) is 14.1. The van der Waals surface area contributed by atoms with Gasteiger partial charge >= 0.3 is 0 Å². The summed E-state index contributed by atoms with van der Waals surface area (Å²) >= 11 is 0. The molecule has 100 valence electrons. The van der Waals surface area contributed by atoms with Gasteiger partial charge in [0.15, 0.2) is 0 Å². The fraction of sp³-hybridized carbons (Fsp3) is 0.0667. The summed E-state index contributed by atoms with van der Waals surface area (Å²) in [6.45, 7) is 0.0791. The molecule has 0 saturated carbocycles. The lowest BCUT2D eigenvalue weighted by Crippen LogP contribution is -2.23. The van der Waals surface area contributed by atoms with E-state index in [2.05, 4.69) is 5.10 Å². The quantitative estimate of drug-likeness (QED) is 0.725. The van der Waals surface area contributed by atoms with E-state index < -0.39 is 5.82 Å². The van der Waals surface area contributed by atoms with E-state index in [4.69, 9.17) is 5.73 Å². The Morgan fingerprint density at radius 3 is 2.80 bits per heavy atom. The standard InChI is InChI=1S/C15H12FN3O/c16-14-7-12(17)6-5-11(14)9-19-15(20)13-4-2-1-3-10(13)8-18-19/h1-8H,9,17H2. The minimum atomic E-state index is -0.438. The molecule has 0 fully saturated rings. The van der Waals surface area contributed by atoms with E-state index in [1.165, 1.54) is 10.7 Å². The van der Waals surface area contributed by atoms with E-state index >= 15 is 0 Å². The normalized spacial score (nSPS) is 10.8. The highest BCUT2D eigenvalue weighted by Gasteiger charge is 2.07. The molecule has 0 radical (unpaired) electrons. The van der Waals surface area contributed by atoms with Gasteiger partial charge in [-0.05, 0) is 18.2 Å². The summed E-state index contributed by atoms with van der Waals surface area (Å²) in [4.78, 5) is 12.3. The van der Waals surface area contributed by atoms with Gasteiger partial charge in [0.2, 0.25) is 0 Å². The van der Waals surface area contributed by atoms with E-state index in [9.17, 15) is 9.18 Å². The Labute approximate surface area is 114 Å². The third-order valence-corrected chi connectivity index (χ3v) is 3.16. The van der Waals surface area contributed by atoms with Gasteiger partial charge in [0.1, 0.15) is 5.82 Å². The Balaban J connectivity index is 2.07. The summed E-state index contributed by atoms with van der Waals surface area (Å²) < 4.78 is 15.0. The largest absolute Gasteiger partial charge is 0.399 e. The molecule has 0 aliphatic carbocycles. The number of benzene rings is 2. The van der Waals surface area contributed by atoms with E-state index in [0.29, 0.717) is 16.6 Å². The van der Waals surface area contributed by atoms with Crippen LogP contribution in [0.25, 0.3) is 10.8 Å². The van der Waals surface area contributed by atoms with Crippen LogP contribution in [-0.2, 0) is 6.54 Å². The van der Waals surface area contributed by atoms with Crippen LogP contribution in [0.2, 0.25) is 0 Å². The average Bonchev–Trinajstić information content (AvgIpc) is 2.45. The summed E-state index contributed by atoms with van der Waals surface area (Å²) in [5.41, 5.74) is 5.99. The van der Waals surface area contributed by atoms with E-state index in [-0.39, 0.29) is 12.1 Å². The molecular formula is C15H12FN3O. The minimum Gasteiger partial charge on any atom is -0.399 e. The number of halogens is 1. The predicted octanol–water partition coefficient (Wildman–Crippen LogP) is 2.17. The van der Waals surface area contributed by atoms with Crippen LogP contribution >= 0.6 is 0 Å². The van der Waals surface area contributed by atoms with E-state index in [1.54, 1.807) is 30.5 Å². The second-order valence-electron chi connectivity index (χ2n) is 4.55. The van der Waals surface area contributed by atoms with Crippen molar-refractivity contribution in [2.24, 2.45) is 0 Å². The molecule has 20 heavy (non-hydrogen) atoms. The van der Waals surface area contributed by atoms with Crippen molar-refractivity contribution >= 4 is 16.5 Å². The number of rotatable bonds is 2. The Kier molecular flexibility index (Phi) is 2.95. The van der Waals surface area contributed by atoms with Gasteiger partial charge in [-0.25, -0.2) is 9.07 Å². The SMILES string of the molecule is Nc1ccc(Cn2ncc3ccccc3c2=O)c(F)c1. The van der Waals surface area contributed by atoms with Crippen molar-refractivity contribution in [1.82, 2.24) is 9.78 Å². The third-order valence-electron chi connectivity index (χ3n) is 3.16. The van der Waals surface area contributed by atoms with Crippen LogP contribution in [0.15, 0.2) is 53.5 Å². The van der Waals surface area contributed by atoms with Crippen LogP contribution in [0.5, 0.6) is 0 Å². The van der Waals surface area contributed by atoms with Crippen molar-refractivity contribution in [3.63, 3.8) is 0 Å². The fourth-order valence-electron chi connectivity index (χ4n) is 2.09. The number of hydrogen-bond donors (Lipinski definition) is 1. The first-order valence-electron chi connectivity index (χ1n) is 6.14. The van der Waals surface area contributed by atoms with Crippen LogP contribution in [-0.4, -0.2) is 9.78 Å². The van der Waals surface area contributed by atoms with Crippen LogP contribution in [0.1, 0.15) is 5.56 Å². The zero-order valence-electron chi connectivity index (χ0n) is 10.6. The molecule has 1 aromatic heterocycles. The van der Waals surface area contributed by atoms with Gasteiger partial charge < -0.3 is 5.73 Å². The topological polar surface area (TPSA) is 60.9 Å². The van der Waals surface area contributed by atoms with Gasteiger partial charge in [0, 0.05) is 16.6 Å². The first-order chi connectivity index (χ1) is 9.65. The Hall–Kier alpha value is -2.69. The maximum atomic E-state index is 13.8. The molecule has 0 aliphatic rings. The van der Waals surface area contributed by atoms with E-state index in [0.717, 1.165) is 5.39 Å². The molecule has 0 saturated heterocycles. The monoisotopic (exact) mass is 269 g/mol. The highest BCUT2D eigenvalue weighted by molar-refractivity contribution is 5.80. The van der Waals surface area contributed by atoms with Crippen LogP contribution in [0.4, 0.5) is 10.1 Å². The van der Waals surface area contributed by atoms with Gasteiger partial charge in [-0.3, -0.25) is 4.79 Å². The highest BCUT2D eigenvalue weighted by Crippen LogP contribution is 2.13.